The maximum atomic E-state index is 12.3. The van der Waals surface area contributed by atoms with Crippen LogP contribution in [0.15, 0.2) is 48.8 Å². The van der Waals surface area contributed by atoms with Gasteiger partial charge in [0.1, 0.15) is 23.9 Å². The van der Waals surface area contributed by atoms with Crippen LogP contribution < -0.4 is 5.32 Å². The van der Waals surface area contributed by atoms with Crippen LogP contribution in [0.3, 0.4) is 0 Å². The number of aromatic nitrogens is 7. The fourth-order valence-corrected chi connectivity index (χ4v) is 3.68. The van der Waals surface area contributed by atoms with E-state index in [9.17, 15) is 10.1 Å². The topological polar surface area (TPSA) is 138 Å². The monoisotopic (exact) mass is 449 g/mol. The van der Waals surface area contributed by atoms with E-state index in [4.69, 9.17) is 4.98 Å². The van der Waals surface area contributed by atoms with Crippen molar-refractivity contribution in [2.24, 2.45) is 0 Å². The van der Waals surface area contributed by atoms with Gasteiger partial charge in [-0.15, -0.1) is 5.10 Å². The molecule has 0 amide bonds. The standard InChI is InChI=1S/C24H19N9O/c1-13-4-8-21(31-29-13)27-16-5-7-20-18(10-16)26-12-33(20)22-9-6-17(15(3)34)24(28-22)23-14(2)19(11-25)30-32-23/h4-10,12H,1-3H3,(H,27,31)(H,30,32). The molecule has 5 aromatic rings. The fraction of sp³-hybridized carbons (Fsp3) is 0.125. The van der Waals surface area contributed by atoms with Crippen molar-refractivity contribution in [3.8, 4) is 23.3 Å². The molecule has 4 aromatic heterocycles. The number of hydrogen-bond acceptors (Lipinski definition) is 8. The van der Waals surface area contributed by atoms with Crippen molar-refractivity contribution in [2.45, 2.75) is 20.8 Å². The average molecular weight is 449 g/mol. The summed E-state index contributed by atoms with van der Waals surface area (Å²) in [6.45, 7) is 5.14. The normalized spacial score (nSPS) is 10.9. The number of nitrogens with zero attached hydrogens (tertiary/aromatic N) is 7. The molecule has 1 aromatic carbocycles. The van der Waals surface area contributed by atoms with Crippen LogP contribution in [0.5, 0.6) is 0 Å². The largest absolute Gasteiger partial charge is 0.339 e. The first-order valence-electron chi connectivity index (χ1n) is 10.5. The molecule has 4 heterocycles. The van der Waals surface area contributed by atoms with E-state index in [2.05, 4.69) is 30.7 Å². The van der Waals surface area contributed by atoms with Gasteiger partial charge in [0.05, 0.1) is 22.4 Å². The van der Waals surface area contributed by atoms with E-state index in [1.807, 2.05) is 47.9 Å². The van der Waals surface area contributed by atoms with Crippen molar-refractivity contribution < 1.29 is 4.79 Å². The van der Waals surface area contributed by atoms with Crippen LogP contribution in [-0.2, 0) is 0 Å². The number of rotatable bonds is 5. The van der Waals surface area contributed by atoms with Gasteiger partial charge in [0, 0.05) is 16.8 Å². The minimum Gasteiger partial charge on any atom is -0.339 e. The summed E-state index contributed by atoms with van der Waals surface area (Å²) in [5, 5.41) is 27.6. The van der Waals surface area contributed by atoms with Crippen molar-refractivity contribution >= 4 is 28.3 Å². The van der Waals surface area contributed by atoms with Crippen LogP contribution in [0.2, 0.25) is 0 Å². The molecule has 34 heavy (non-hydrogen) atoms. The Morgan fingerprint density at radius 2 is 1.97 bits per heavy atom. The maximum Gasteiger partial charge on any atom is 0.165 e. The molecular weight excluding hydrogens is 430 g/mol. The van der Waals surface area contributed by atoms with E-state index in [1.54, 1.807) is 25.4 Å². The first-order chi connectivity index (χ1) is 16.4. The molecule has 0 saturated heterocycles. The Labute approximate surface area is 194 Å². The van der Waals surface area contributed by atoms with Gasteiger partial charge in [-0.2, -0.15) is 15.5 Å². The highest BCUT2D eigenvalue weighted by atomic mass is 16.1. The van der Waals surface area contributed by atoms with Crippen molar-refractivity contribution in [3.05, 3.63) is 71.3 Å². The van der Waals surface area contributed by atoms with E-state index in [1.165, 1.54) is 6.92 Å². The quantitative estimate of drug-likeness (QED) is 0.384. The Kier molecular flexibility index (Phi) is 5.07. The van der Waals surface area contributed by atoms with Crippen LogP contribution in [0, 0.1) is 25.2 Å². The Balaban J connectivity index is 1.55. The lowest BCUT2D eigenvalue weighted by Gasteiger charge is -2.10. The minimum absolute atomic E-state index is 0.132. The van der Waals surface area contributed by atoms with Crippen LogP contribution in [0.25, 0.3) is 28.2 Å². The molecule has 0 saturated carbocycles. The van der Waals surface area contributed by atoms with Crippen molar-refractivity contribution in [3.63, 3.8) is 0 Å². The van der Waals surface area contributed by atoms with E-state index in [0.717, 1.165) is 22.4 Å². The molecule has 2 N–H and O–H groups in total. The second kappa shape index (κ2) is 8.22. The number of H-pyrrole nitrogens is 1. The van der Waals surface area contributed by atoms with E-state index < -0.39 is 0 Å². The summed E-state index contributed by atoms with van der Waals surface area (Å²) in [5.74, 6) is 1.09. The van der Waals surface area contributed by atoms with E-state index in [0.29, 0.717) is 34.2 Å². The molecule has 0 fully saturated rings. The first-order valence-corrected chi connectivity index (χ1v) is 10.5. The number of pyridine rings is 1. The third-order valence-electron chi connectivity index (χ3n) is 5.48. The van der Waals surface area contributed by atoms with Gasteiger partial charge >= 0.3 is 0 Å². The lowest BCUT2D eigenvalue weighted by atomic mass is 10.0. The number of Topliss-reactive ketones (excluding diaryl/α,β-unsaturated/α-hetero) is 1. The van der Waals surface area contributed by atoms with Crippen molar-refractivity contribution in [2.75, 3.05) is 5.32 Å². The zero-order valence-electron chi connectivity index (χ0n) is 18.7. The lowest BCUT2D eigenvalue weighted by Crippen LogP contribution is -2.04. The summed E-state index contributed by atoms with van der Waals surface area (Å²) >= 11 is 0. The summed E-state index contributed by atoms with van der Waals surface area (Å²) in [4.78, 5) is 21.5. The molecule has 0 aliphatic heterocycles. The molecule has 0 radical (unpaired) electrons. The van der Waals surface area contributed by atoms with Gasteiger partial charge in [0.2, 0.25) is 0 Å². The van der Waals surface area contributed by atoms with Crippen molar-refractivity contribution in [1.82, 2.24) is 34.9 Å². The fourth-order valence-electron chi connectivity index (χ4n) is 3.68. The van der Waals surface area contributed by atoms with Gasteiger partial charge in [-0.05, 0) is 63.2 Å². The molecule has 0 spiro atoms. The number of benzene rings is 1. The summed E-state index contributed by atoms with van der Waals surface area (Å²) in [5.41, 5.74) is 5.60. The van der Waals surface area contributed by atoms with Gasteiger partial charge in [-0.1, -0.05) is 0 Å². The highest BCUT2D eigenvalue weighted by Gasteiger charge is 2.19. The van der Waals surface area contributed by atoms with Crippen LogP contribution in [0.1, 0.15) is 34.2 Å². The van der Waals surface area contributed by atoms with Crippen LogP contribution in [-0.4, -0.2) is 40.7 Å². The Morgan fingerprint density at radius 1 is 1.12 bits per heavy atom. The zero-order valence-corrected chi connectivity index (χ0v) is 18.7. The number of aryl methyl sites for hydroxylation is 1. The number of nitriles is 1. The number of anilines is 2. The number of nitrogens with one attached hydrogen (secondary N) is 2. The molecule has 10 heteroatoms. The number of carbonyl (C=O) groups is 1. The second-order valence-electron chi connectivity index (χ2n) is 7.81. The SMILES string of the molecule is CC(=O)c1ccc(-n2cnc3cc(Nc4ccc(C)nn4)ccc32)nc1-c1[nH]nc(C#N)c1C. The third-order valence-corrected chi connectivity index (χ3v) is 5.48. The summed E-state index contributed by atoms with van der Waals surface area (Å²) in [6.07, 6.45) is 1.68. The molecular formula is C24H19N9O. The number of hydrogen-bond donors (Lipinski definition) is 2. The Morgan fingerprint density at radius 3 is 2.68 bits per heavy atom. The predicted octanol–water partition coefficient (Wildman–Crippen LogP) is 4.04. The van der Waals surface area contributed by atoms with E-state index in [-0.39, 0.29) is 11.5 Å². The number of carbonyl (C=O) groups excluding carboxylic acids is 1. The van der Waals surface area contributed by atoms with Gasteiger partial charge in [-0.25, -0.2) is 9.97 Å². The first kappa shape index (κ1) is 21.0. The zero-order chi connectivity index (χ0) is 23.8. The van der Waals surface area contributed by atoms with Gasteiger partial charge in [0.15, 0.2) is 17.3 Å². The van der Waals surface area contributed by atoms with E-state index >= 15 is 0 Å². The maximum absolute atomic E-state index is 12.3. The van der Waals surface area contributed by atoms with Crippen LogP contribution in [0.4, 0.5) is 11.5 Å². The lowest BCUT2D eigenvalue weighted by molar-refractivity contribution is 0.101. The smallest absolute Gasteiger partial charge is 0.165 e. The van der Waals surface area contributed by atoms with Gasteiger partial charge in [0.25, 0.3) is 0 Å². The number of fused-ring (bicyclic) bond motifs is 1. The molecule has 0 aliphatic carbocycles. The molecule has 0 atom stereocenters. The Bertz CT molecular complexity index is 1590. The molecule has 0 unspecified atom stereocenters. The Hall–Kier alpha value is -4.91. The number of imidazole rings is 1. The van der Waals surface area contributed by atoms with Gasteiger partial charge in [-0.3, -0.25) is 14.5 Å². The van der Waals surface area contributed by atoms with Gasteiger partial charge < -0.3 is 5.32 Å². The third kappa shape index (κ3) is 3.65. The highest BCUT2D eigenvalue weighted by molar-refractivity contribution is 6.00. The summed E-state index contributed by atoms with van der Waals surface area (Å²) in [6, 6.07) is 15.1. The molecule has 0 aliphatic rings. The predicted molar refractivity (Wildman–Crippen MR) is 126 cm³/mol. The minimum atomic E-state index is -0.132. The molecule has 5 rings (SSSR count). The number of aromatic amines is 1. The number of ketones is 1. The highest BCUT2D eigenvalue weighted by Crippen LogP contribution is 2.28. The van der Waals surface area contributed by atoms with Crippen molar-refractivity contribution in [1.29, 1.82) is 5.26 Å². The van der Waals surface area contributed by atoms with Crippen LogP contribution >= 0.6 is 0 Å². The second-order valence-corrected chi connectivity index (χ2v) is 7.81. The average Bonchev–Trinajstić information content (AvgIpc) is 3.43. The summed E-state index contributed by atoms with van der Waals surface area (Å²) < 4.78 is 1.84. The molecule has 0 bridgehead atoms. The molecule has 10 nitrogen and oxygen atoms in total. The molecule has 166 valence electrons. The summed E-state index contributed by atoms with van der Waals surface area (Å²) in [7, 11) is 0.